The van der Waals surface area contributed by atoms with Crippen LogP contribution in [-0.2, 0) is 11.4 Å². The number of rotatable bonds is 10. The normalized spacial score (nSPS) is 11.6. The fraction of sp³-hybridized carbons (Fsp3) is 0.222. The number of nitrogens with zero attached hydrogens (tertiary/aromatic N) is 4. The predicted octanol–water partition coefficient (Wildman–Crippen LogP) is 5.39. The van der Waals surface area contributed by atoms with Gasteiger partial charge in [-0.25, -0.2) is 0 Å². The summed E-state index contributed by atoms with van der Waals surface area (Å²) in [7, 11) is 1.63. The first kappa shape index (κ1) is 24.3. The number of carbonyl (C=O) groups is 1. The zero-order chi connectivity index (χ0) is 24.6. The van der Waals surface area contributed by atoms with Gasteiger partial charge >= 0.3 is 0 Å². The monoisotopic (exact) mass is 488 g/mol. The van der Waals surface area contributed by atoms with Crippen molar-refractivity contribution in [2.75, 3.05) is 18.6 Å². The van der Waals surface area contributed by atoms with Crippen LogP contribution in [0.3, 0.4) is 0 Å². The molecule has 0 spiro atoms. The maximum atomic E-state index is 13.3. The number of carbonyl (C=O) groups excluding carboxylic acids is 1. The SMILES string of the molecule is CCN(C(=O)C(C)Sc1nnc(COc2ccc(OC)cc2)n1-c1ccccc1)c1ccccc1. The van der Waals surface area contributed by atoms with Gasteiger partial charge < -0.3 is 14.4 Å². The number of methoxy groups -OCH3 is 1. The lowest BCUT2D eigenvalue weighted by molar-refractivity contribution is -0.117. The van der Waals surface area contributed by atoms with Crippen LogP contribution in [0.2, 0.25) is 0 Å². The Kier molecular flexibility index (Phi) is 8.05. The Morgan fingerprint density at radius 3 is 2.20 bits per heavy atom. The third-order valence-electron chi connectivity index (χ3n) is 5.42. The Balaban J connectivity index is 1.56. The van der Waals surface area contributed by atoms with Gasteiger partial charge in [0.1, 0.15) is 18.1 Å². The van der Waals surface area contributed by atoms with Gasteiger partial charge in [0.2, 0.25) is 5.91 Å². The Labute approximate surface area is 209 Å². The molecule has 4 rings (SSSR count). The average Bonchev–Trinajstić information content (AvgIpc) is 3.31. The molecule has 0 fully saturated rings. The molecule has 1 atom stereocenters. The third-order valence-corrected chi connectivity index (χ3v) is 6.45. The van der Waals surface area contributed by atoms with E-state index in [1.54, 1.807) is 12.0 Å². The van der Waals surface area contributed by atoms with Crippen LogP contribution < -0.4 is 14.4 Å². The van der Waals surface area contributed by atoms with Crippen LogP contribution in [0.1, 0.15) is 19.7 Å². The predicted molar refractivity (Wildman–Crippen MR) is 138 cm³/mol. The zero-order valence-electron chi connectivity index (χ0n) is 20.0. The molecule has 1 aromatic heterocycles. The molecule has 3 aromatic carbocycles. The molecule has 1 amide bonds. The molecule has 1 unspecified atom stereocenters. The fourth-order valence-electron chi connectivity index (χ4n) is 3.63. The van der Waals surface area contributed by atoms with Gasteiger partial charge in [-0.2, -0.15) is 0 Å². The Hall–Kier alpha value is -3.78. The van der Waals surface area contributed by atoms with E-state index in [9.17, 15) is 4.79 Å². The topological polar surface area (TPSA) is 69.5 Å². The number of hydrogen-bond donors (Lipinski definition) is 0. The first-order valence-electron chi connectivity index (χ1n) is 11.4. The Morgan fingerprint density at radius 1 is 0.943 bits per heavy atom. The summed E-state index contributed by atoms with van der Waals surface area (Å²) in [6.45, 7) is 4.68. The van der Waals surface area contributed by atoms with Gasteiger partial charge in [-0.1, -0.05) is 48.2 Å². The molecule has 8 heteroatoms. The summed E-state index contributed by atoms with van der Waals surface area (Å²) in [5.74, 6) is 2.12. The number of para-hydroxylation sites is 2. The number of amides is 1. The van der Waals surface area contributed by atoms with E-state index in [1.165, 1.54) is 11.8 Å². The van der Waals surface area contributed by atoms with Crippen LogP contribution in [0.25, 0.3) is 5.69 Å². The fourth-order valence-corrected chi connectivity index (χ4v) is 4.58. The largest absolute Gasteiger partial charge is 0.497 e. The highest BCUT2D eigenvalue weighted by Crippen LogP contribution is 2.28. The number of thioether (sulfide) groups is 1. The first-order chi connectivity index (χ1) is 17.1. The summed E-state index contributed by atoms with van der Waals surface area (Å²) in [5, 5.41) is 9.08. The van der Waals surface area contributed by atoms with Gasteiger partial charge in [0.25, 0.3) is 0 Å². The molecule has 0 aliphatic rings. The Morgan fingerprint density at radius 2 is 1.57 bits per heavy atom. The molecule has 0 N–H and O–H groups in total. The van der Waals surface area contributed by atoms with Gasteiger partial charge in [0, 0.05) is 17.9 Å². The summed E-state index contributed by atoms with van der Waals surface area (Å²) in [6, 6.07) is 26.9. The van der Waals surface area contributed by atoms with Crippen LogP contribution in [0, 0.1) is 0 Å². The third kappa shape index (κ3) is 5.84. The van der Waals surface area contributed by atoms with Crippen molar-refractivity contribution in [3.05, 3.63) is 90.8 Å². The molecule has 180 valence electrons. The number of ether oxygens (including phenoxy) is 2. The van der Waals surface area contributed by atoms with E-state index >= 15 is 0 Å². The van der Waals surface area contributed by atoms with Crippen molar-refractivity contribution < 1.29 is 14.3 Å². The molecular formula is C27H28N4O3S. The van der Waals surface area contributed by atoms with Crippen LogP contribution in [0.5, 0.6) is 11.5 Å². The van der Waals surface area contributed by atoms with Crippen molar-refractivity contribution in [3.63, 3.8) is 0 Å². The van der Waals surface area contributed by atoms with Gasteiger partial charge in [-0.05, 0) is 62.4 Å². The second-order valence-corrected chi connectivity index (χ2v) is 9.02. The lowest BCUT2D eigenvalue weighted by Gasteiger charge is -2.24. The number of anilines is 1. The van der Waals surface area contributed by atoms with Gasteiger partial charge in [-0.3, -0.25) is 9.36 Å². The van der Waals surface area contributed by atoms with Crippen molar-refractivity contribution >= 4 is 23.4 Å². The van der Waals surface area contributed by atoms with Crippen molar-refractivity contribution in [1.82, 2.24) is 14.8 Å². The van der Waals surface area contributed by atoms with Gasteiger partial charge in [0.15, 0.2) is 11.0 Å². The van der Waals surface area contributed by atoms with E-state index in [2.05, 4.69) is 10.2 Å². The smallest absolute Gasteiger partial charge is 0.240 e. The molecule has 1 heterocycles. The minimum atomic E-state index is -0.364. The minimum absolute atomic E-state index is 0.0161. The molecular weight excluding hydrogens is 460 g/mol. The van der Waals surface area contributed by atoms with E-state index in [1.807, 2.05) is 103 Å². The molecule has 0 saturated carbocycles. The lowest BCUT2D eigenvalue weighted by Crippen LogP contribution is -2.36. The van der Waals surface area contributed by atoms with E-state index in [4.69, 9.17) is 9.47 Å². The molecule has 4 aromatic rings. The quantitative estimate of drug-likeness (QED) is 0.279. The van der Waals surface area contributed by atoms with Crippen LogP contribution in [0.4, 0.5) is 5.69 Å². The maximum Gasteiger partial charge on any atom is 0.240 e. The van der Waals surface area contributed by atoms with E-state index in [-0.39, 0.29) is 17.8 Å². The summed E-state index contributed by atoms with van der Waals surface area (Å²) in [6.07, 6.45) is 0. The minimum Gasteiger partial charge on any atom is -0.497 e. The molecule has 0 bridgehead atoms. The molecule has 0 aliphatic carbocycles. The highest BCUT2D eigenvalue weighted by molar-refractivity contribution is 8.00. The second kappa shape index (κ2) is 11.6. The number of benzene rings is 3. The molecule has 7 nitrogen and oxygen atoms in total. The van der Waals surface area contributed by atoms with Crippen molar-refractivity contribution in [2.45, 2.75) is 30.9 Å². The van der Waals surface area contributed by atoms with Crippen molar-refractivity contribution in [1.29, 1.82) is 0 Å². The van der Waals surface area contributed by atoms with E-state index in [0.717, 1.165) is 17.1 Å². The Bertz CT molecular complexity index is 1230. The highest BCUT2D eigenvalue weighted by Gasteiger charge is 2.25. The molecule has 0 saturated heterocycles. The highest BCUT2D eigenvalue weighted by atomic mass is 32.2. The lowest BCUT2D eigenvalue weighted by atomic mass is 10.2. The summed E-state index contributed by atoms with van der Waals surface area (Å²) in [5.41, 5.74) is 1.79. The standard InChI is InChI=1S/C27H28N4O3S/c1-4-30(21-11-7-5-8-12-21)26(32)20(2)35-27-29-28-25(31(27)22-13-9-6-10-14-22)19-34-24-17-15-23(33-3)16-18-24/h5-18,20H,4,19H2,1-3H3. The summed E-state index contributed by atoms with van der Waals surface area (Å²) < 4.78 is 13.1. The van der Waals surface area contributed by atoms with Crippen LogP contribution in [-0.4, -0.2) is 39.6 Å². The van der Waals surface area contributed by atoms with E-state index < -0.39 is 0 Å². The first-order valence-corrected chi connectivity index (χ1v) is 12.3. The number of hydrogen-bond acceptors (Lipinski definition) is 6. The summed E-state index contributed by atoms with van der Waals surface area (Å²) >= 11 is 1.38. The maximum absolute atomic E-state index is 13.3. The molecule has 0 aliphatic heterocycles. The van der Waals surface area contributed by atoms with Crippen molar-refractivity contribution in [3.8, 4) is 17.2 Å². The van der Waals surface area contributed by atoms with Crippen LogP contribution >= 0.6 is 11.8 Å². The molecule has 0 radical (unpaired) electrons. The van der Waals surface area contributed by atoms with Gasteiger partial charge in [-0.15, -0.1) is 10.2 Å². The van der Waals surface area contributed by atoms with Crippen LogP contribution in [0.15, 0.2) is 90.1 Å². The molecule has 35 heavy (non-hydrogen) atoms. The van der Waals surface area contributed by atoms with E-state index in [0.29, 0.717) is 23.3 Å². The number of aromatic nitrogens is 3. The van der Waals surface area contributed by atoms with Crippen molar-refractivity contribution in [2.24, 2.45) is 0 Å². The average molecular weight is 489 g/mol. The van der Waals surface area contributed by atoms with Gasteiger partial charge in [0.05, 0.1) is 12.4 Å². The summed E-state index contributed by atoms with van der Waals surface area (Å²) in [4.78, 5) is 15.1. The second-order valence-electron chi connectivity index (χ2n) is 7.71. The zero-order valence-corrected chi connectivity index (χ0v) is 20.8.